The van der Waals surface area contributed by atoms with Crippen molar-refractivity contribution >= 4 is 52.5 Å². The maximum atomic E-state index is 13.1. The second-order valence-corrected chi connectivity index (χ2v) is 10.5. The lowest BCUT2D eigenvalue weighted by atomic mass is 10.0. The number of nitrogens with one attached hydrogen (secondary N) is 4. The summed E-state index contributed by atoms with van der Waals surface area (Å²) in [5, 5.41) is 20.8. The van der Waals surface area contributed by atoms with Crippen molar-refractivity contribution in [3.8, 4) is 0 Å². The van der Waals surface area contributed by atoms with Crippen molar-refractivity contribution in [3.05, 3.63) is 93.0 Å². The molecule has 204 valence electrons. The van der Waals surface area contributed by atoms with Gasteiger partial charge in [-0.05, 0) is 59.7 Å². The fourth-order valence-corrected chi connectivity index (χ4v) is 5.12. The van der Waals surface area contributed by atoms with Crippen LogP contribution in [0.5, 0.6) is 0 Å². The summed E-state index contributed by atoms with van der Waals surface area (Å²) in [6, 6.07) is 16.7. The average Bonchev–Trinajstić information content (AvgIpc) is 3.31. The van der Waals surface area contributed by atoms with E-state index in [1.165, 1.54) is 11.6 Å². The second kappa shape index (κ2) is 12.4. The van der Waals surface area contributed by atoms with Crippen LogP contribution in [-0.2, 0) is 11.2 Å². The van der Waals surface area contributed by atoms with Gasteiger partial charge in [-0.3, -0.25) is 4.79 Å². The topological polar surface area (TPSA) is 120 Å². The van der Waals surface area contributed by atoms with Gasteiger partial charge < -0.3 is 26.4 Å². The molecule has 10 heteroatoms. The van der Waals surface area contributed by atoms with Gasteiger partial charge in [0.1, 0.15) is 6.04 Å². The van der Waals surface area contributed by atoms with Crippen LogP contribution in [0.15, 0.2) is 60.7 Å². The molecule has 0 aliphatic heterocycles. The number of aliphatic carboxylic acids is 1. The molecular weight excluding hydrogens is 539 g/mol. The Labute approximate surface area is 237 Å². The van der Waals surface area contributed by atoms with Gasteiger partial charge >= 0.3 is 12.0 Å². The van der Waals surface area contributed by atoms with Crippen molar-refractivity contribution in [1.29, 1.82) is 0 Å². The minimum atomic E-state index is -1.41. The van der Waals surface area contributed by atoms with Gasteiger partial charge in [-0.1, -0.05) is 73.4 Å². The third-order valence-electron chi connectivity index (χ3n) is 6.66. The number of halogens is 2. The normalized spacial score (nSPS) is 14.8. The van der Waals surface area contributed by atoms with Crippen LogP contribution in [0.25, 0.3) is 0 Å². The zero-order chi connectivity index (χ0) is 28.1. The zero-order valence-corrected chi connectivity index (χ0v) is 23.1. The smallest absolute Gasteiger partial charge is 0.328 e. The van der Waals surface area contributed by atoms with Crippen molar-refractivity contribution in [2.24, 2.45) is 0 Å². The number of benzene rings is 3. The van der Waals surface area contributed by atoms with Gasteiger partial charge in [0.05, 0.1) is 33.9 Å². The van der Waals surface area contributed by atoms with E-state index in [1.54, 1.807) is 6.07 Å². The third-order valence-corrected chi connectivity index (χ3v) is 7.37. The molecular formula is C29H30Cl2N4O4. The molecule has 39 heavy (non-hydrogen) atoms. The SMILES string of the molecule is CC(C)c1cccc(Nc2ccc(Cl)c(C(=O)NC(CNC(=O)NC3CCc4ccccc43)C(=O)O)c2Cl)c1. The molecule has 2 unspecified atom stereocenters. The monoisotopic (exact) mass is 568 g/mol. The molecule has 3 aromatic rings. The zero-order valence-electron chi connectivity index (χ0n) is 21.6. The summed E-state index contributed by atoms with van der Waals surface area (Å²) >= 11 is 12.8. The number of aryl methyl sites for hydroxylation is 1. The Kier molecular flexibility index (Phi) is 8.99. The summed E-state index contributed by atoms with van der Waals surface area (Å²) < 4.78 is 0. The number of amides is 3. The van der Waals surface area contributed by atoms with Gasteiger partial charge in [-0.15, -0.1) is 0 Å². The Balaban J connectivity index is 1.41. The molecule has 1 aliphatic rings. The molecule has 0 fully saturated rings. The van der Waals surface area contributed by atoms with Crippen LogP contribution >= 0.6 is 23.2 Å². The summed E-state index contributed by atoms with van der Waals surface area (Å²) in [4.78, 5) is 37.5. The lowest BCUT2D eigenvalue weighted by molar-refractivity contribution is -0.139. The molecule has 4 rings (SSSR count). The van der Waals surface area contributed by atoms with E-state index in [-0.39, 0.29) is 28.2 Å². The van der Waals surface area contributed by atoms with Crippen LogP contribution in [0.2, 0.25) is 10.0 Å². The van der Waals surface area contributed by atoms with Gasteiger partial charge in [-0.25, -0.2) is 9.59 Å². The lowest BCUT2D eigenvalue weighted by Crippen LogP contribution is -2.50. The van der Waals surface area contributed by atoms with Gasteiger partial charge in [-0.2, -0.15) is 0 Å². The van der Waals surface area contributed by atoms with Gasteiger partial charge in [0.25, 0.3) is 5.91 Å². The second-order valence-electron chi connectivity index (χ2n) is 9.70. The molecule has 3 amide bonds. The first-order valence-corrected chi connectivity index (χ1v) is 13.4. The van der Waals surface area contributed by atoms with Crippen LogP contribution in [-0.4, -0.2) is 35.6 Å². The molecule has 2 atom stereocenters. The third kappa shape index (κ3) is 6.82. The number of carbonyl (C=O) groups excluding carboxylic acids is 2. The van der Waals surface area contributed by atoms with E-state index in [1.807, 2.05) is 48.5 Å². The van der Waals surface area contributed by atoms with Crippen molar-refractivity contribution in [3.63, 3.8) is 0 Å². The molecule has 0 saturated carbocycles. The highest BCUT2D eigenvalue weighted by Crippen LogP contribution is 2.34. The van der Waals surface area contributed by atoms with Crippen molar-refractivity contribution in [1.82, 2.24) is 16.0 Å². The highest BCUT2D eigenvalue weighted by molar-refractivity contribution is 6.41. The highest BCUT2D eigenvalue weighted by Gasteiger charge is 2.27. The number of carboxylic acid groups (broad SMARTS) is 1. The molecule has 0 radical (unpaired) electrons. The summed E-state index contributed by atoms with van der Waals surface area (Å²) in [5.74, 6) is -1.77. The summed E-state index contributed by atoms with van der Waals surface area (Å²) in [7, 11) is 0. The van der Waals surface area contributed by atoms with E-state index in [4.69, 9.17) is 23.2 Å². The Hall–Kier alpha value is -3.75. The molecule has 3 aromatic carbocycles. The van der Waals surface area contributed by atoms with E-state index in [9.17, 15) is 19.5 Å². The van der Waals surface area contributed by atoms with E-state index in [0.717, 1.165) is 29.7 Å². The molecule has 0 bridgehead atoms. The molecule has 0 saturated heterocycles. The van der Waals surface area contributed by atoms with Gasteiger partial charge in [0.2, 0.25) is 0 Å². The standard InChI is InChI=1S/C29H30Cl2N4O4/c1-16(2)18-7-5-8-19(14-18)33-23-13-11-21(30)25(26(23)31)27(36)34-24(28(37)38)15-32-29(39)35-22-12-10-17-6-3-4-9-20(17)22/h3-9,11,13-14,16,22,24,33H,10,12,15H2,1-2H3,(H,34,36)(H,37,38)(H2,32,35,39). The summed E-state index contributed by atoms with van der Waals surface area (Å²) in [6.45, 7) is 3.83. The van der Waals surface area contributed by atoms with Crippen LogP contribution < -0.4 is 21.3 Å². The molecule has 8 nitrogen and oxygen atoms in total. The number of fused-ring (bicyclic) bond motifs is 1. The van der Waals surface area contributed by atoms with Crippen LogP contribution in [0, 0.1) is 0 Å². The lowest BCUT2D eigenvalue weighted by Gasteiger charge is -2.19. The van der Waals surface area contributed by atoms with E-state index < -0.39 is 23.9 Å². The number of anilines is 2. The quantitative estimate of drug-likeness (QED) is 0.216. The Morgan fingerprint density at radius 2 is 1.79 bits per heavy atom. The predicted molar refractivity (Wildman–Crippen MR) is 153 cm³/mol. The Morgan fingerprint density at radius 1 is 1.03 bits per heavy atom. The van der Waals surface area contributed by atoms with E-state index >= 15 is 0 Å². The minimum absolute atomic E-state index is 0.0460. The number of carboxylic acids is 1. The van der Waals surface area contributed by atoms with Crippen LogP contribution in [0.1, 0.15) is 59.3 Å². The average molecular weight is 569 g/mol. The molecule has 0 aromatic heterocycles. The van der Waals surface area contributed by atoms with E-state index in [2.05, 4.69) is 35.1 Å². The first-order valence-electron chi connectivity index (χ1n) is 12.6. The largest absolute Gasteiger partial charge is 0.480 e. The molecule has 0 spiro atoms. The van der Waals surface area contributed by atoms with Crippen LogP contribution in [0.3, 0.4) is 0 Å². The van der Waals surface area contributed by atoms with Gasteiger partial charge in [0.15, 0.2) is 0 Å². The van der Waals surface area contributed by atoms with E-state index in [0.29, 0.717) is 11.6 Å². The van der Waals surface area contributed by atoms with Gasteiger partial charge in [0, 0.05) is 5.69 Å². The summed E-state index contributed by atoms with van der Waals surface area (Å²) in [5.41, 5.74) is 4.50. The molecule has 0 heterocycles. The number of carbonyl (C=O) groups is 3. The first-order chi connectivity index (χ1) is 18.6. The molecule has 5 N–H and O–H groups in total. The number of rotatable bonds is 9. The predicted octanol–water partition coefficient (Wildman–Crippen LogP) is 6.03. The number of hydrogen-bond donors (Lipinski definition) is 5. The van der Waals surface area contributed by atoms with Crippen LogP contribution in [0.4, 0.5) is 16.2 Å². The number of urea groups is 1. The van der Waals surface area contributed by atoms with Crippen molar-refractivity contribution in [2.75, 3.05) is 11.9 Å². The molecule has 1 aliphatic carbocycles. The van der Waals surface area contributed by atoms with Crippen molar-refractivity contribution < 1.29 is 19.5 Å². The first kappa shape index (κ1) is 28.3. The van der Waals surface area contributed by atoms with Crippen molar-refractivity contribution in [2.45, 2.75) is 44.7 Å². The minimum Gasteiger partial charge on any atom is -0.480 e. The Morgan fingerprint density at radius 3 is 2.54 bits per heavy atom. The number of hydrogen-bond acceptors (Lipinski definition) is 4. The Bertz CT molecular complexity index is 1400. The maximum Gasteiger partial charge on any atom is 0.328 e. The summed E-state index contributed by atoms with van der Waals surface area (Å²) in [6.07, 6.45) is 1.61. The maximum absolute atomic E-state index is 13.1. The fourth-order valence-electron chi connectivity index (χ4n) is 4.53. The highest BCUT2D eigenvalue weighted by atomic mass is 35.5. The fraction of sp³-hybridized carbons (Fsp3) is 0.276.